The second-order valence-electron chi connectivity index (χ2n) is 10.3. The van der Waals surface area contributed by atoms with Crippen molar-refractivity contribution in [3.63, 3.8) is 0 Å². The van der Waals surface area contributed by atoms with Gasteiger partial charge in [0, 0.05) is 39.4 Å². The van der Waals surface area contributed by atoms with E-state index in [1.807, 2.05) is 6.07 Å². The summed E-state index contributed by atoms with van der Waals surface area (Å²) in [7, 11) is -0.421. The third-order valence-corrected chi connectivity index (χ3v) is 9.89. The van der Waals surface area contributed by atoms with E-state index in [1.165, 1.54) is 44.6 Å². The molecule has 5 rings (SSSR count). The Morgan fingerprint density at radius 3 is 2.53 bits per heavy atom. The van der Waals surface area contributed by atoms with Crippen LogP contribution in [0.4, 0.5) is 0 Å². The van der Waals surface area contributed by atoms with Crippen LogP contribution in [0.15, 0.2) is 54.6 Å². The molecule has 1 aromatic heterocycles. The van der Waals surface area contributed by atoms with E-state index in [0.717, 1.165) is 43.2 Å². The van der Waals surface area contributed by atoms with Crippen LogP contribution in [-0.2, 0) is 13.6 Å². The zero-order chi connectivity index (χ0) is 25.1. The number of para-hydroxylation sites is 2. The highest BCUT2D eigenvalue weighted by atomic mass is 31.2. The van der Waals surface area contributed by atoms with Crippen molar-refractivity contribution in [1.29, 1.82) is 0 Å². The average Bonchev–Trinajstić information content (AvgIpc) is 3.17. The molecule has 3 aromatic rings. The summed E-state index contributed by atoms with van der Waals surface area (Å²) in [4.78, 5) is 7.57. The average molecular weight is 511 g/mol. The van der Waals surface area contributed by atoms with Crippen LogP contribution in [0.3, 0.4) is 0 Å². The standard InChI is InChI=1S/C28H39N4O3P/c1-21-30-26-11-7-8-12-28(26)32(21)25-16-18-31(27-14-13-23(27)19-25)17-15-24(22-9-5-4-6-10-22)20-29-36(33,34-2)35-3/h4-12,23-25,27H,13-20H2,1-3H3,(H,29,33)/t23-,24?,25-,27?/m0/s1. The minimum atomic E-state index is -3.26. The molecule has 4 atom stereocenters. The lowest BCUT2D eigenvalue weighted by atomic mass is 9.75. The number of hydrogen-bond acceptors (Lipinski definition) is 5. The summed E-state index contributed by atoms with van der Waals surface area (Å²) in [5, 5.41) is 3.06. The van der Waals surface area contributed by atoms with Crippen molar-refractivity contribution >= 4 is 18.8 Å². The van der Waals surface area contributed by atoms with Crippen LogP contribution in [-0.4, -0.2) is 54.3 Å². The first-order chi connectivity index (χ1) is 17.5. The maximum absolute atomic E-state index is 12.6. The first kappa shape index (κ1) is 25.6. The van der Waals surface area contributed by atoms with E-state index in [0.29, 0.717) is 18.6 Å². The van der Waals surface area contributed by atoms with E-state index < -0.39 is 7.75 Å². The third-order valence-electron chi connectivity index (χ3n) is 8.36. The van der Waals surface area contributed by atoms with Crippen molar-refractivity contribution in [3.05, 3.63) is 66.0 Å². The number of hydrogen-bond donors (Lipinski definition) is 1. The number of aromatic nitrogens is 2. The van der Waals surface area contributed by atoms with Crippen LogP contribution in [0.1, 0.15) is 55.5 Å². The van der Waals surface area contributed by atoms with E-state index in [4.69, 9.17) is 14.0 Å². The van der Waals surface area contributed by atoms with Gasteiger partial charge in [-0.25, -0.2) is 14.6 Å². The molecule has 1 aliphatic heterocycles. The van der Waals surface area contributed by atoms with Gasteiger partial charge in [-0.3, -0.25) is 0 Å². The highest BCUT2D eigenvalue weighted by Crippen LogP contribution is 2.44. The molecule has 0 radical (unpaired) electrons. The second-order valence-corrected chi connectivity index (χ2v) is 12.3. The van der Waals surface area contributed by atoms with E-state index in [2.05, 4.69) is 70.0 Å². The Morgan fingerprint density at radius 1 is 1.06 bits per heavy atom. The van der Waals surface area contributed by atoms with Crippen molar-refractivity contribution in [2.45, 2.75) is 57.0 Å². The summed E-state index contributed by atoms with van der Waals surface area (Å²) in [5.74, 6) is 2.09. The highest BCUT2D eigenvalue weighted by Gasteiger charge is 2.40. The summed E-state index contributed by atoms with van der Waals surface area (Å²) in [6.07, 6.45) is 5.98. The molecule has 1 N–H and O–H groups in total. The summed E-state index contributed by atoms with van der Waals surface area (Å²) < 4.78 is 25.4. The number of rotatable bonds is 10. The molecule has 1 aliphatic carbocycles. The minimum absolute atomic E-state index is 0.224. The maximum atomic E-state index is 12.6. The van der Waals surface area contributed by atoms with Gasteiger partial charge in [0.1, 0.15) is 5.82 Å². The fourth-order valence-electron chi connectivity index (χ4n) is 6.25. The number of benzene rings is 2. The van der Waals surface area contributed by atoms with Crippen molar-refractivity contribution in [2.75, 3.05) is 33.9 Å². The topological polar surface area (TPSA) is 68.6 Å². The van der Waals surface area contributed by atoms with E-state index in [-0.39, 0.29) is 5.92 Å². The lowest BCUT2D eigenvalue weighted by Gasteiger charge is -2.43. The molecule has 2 aliphatic rings. The molecule has 2 unspecified atom stereocenters. The van der Waals surface area contributed by atoms with Gasteiger partial charge in [-0.1, -0.05) is 42.5 Å². The van der Waals surface area contributed by atoms with Crippen molar-refractivity contribution < 1.29 is 13.6 Å². The van der Waals surface area contributed by atoms with Gasteiger partial charge >= 0.3 is 7.75 Å². The fraction of sp³-hybridized carbons (Fsp3) is 0.536. The Kier molecular flexibility index (Phi) is 7.94. The molecule has 2 heterocycles. The summed E-state index contributed by atoms with van der Waals surface area (Å²) in [6, 6.07) is 20.2. The highest BCUT2D eigenvalue weighted by molar-refractivity contribution is 7.51. The molecule has 0 spiro atoms. The van der Waals surface area contributed by atoms with Crippen LogP contribution in [0.25, 0.3) is 11.0 Å². The van der Waals surface area contributed by atoms with E-state index >= 15 is 0 Å². The lowest BCUT2D eigenvalue weighted by Crippen LogP contribution is -2.46. The van der Waals surface area contributed by atoms with Crippen LogP contribution >= 0.6 is 7.75 Å². The van der Waals surface area contributed by atoms with Crippen molar-refractivity contribution in [1.82, 2.24) is 19.5 Å². The zero-order valence-corrected chi connectivity index (χ0v) is 22.6. The number of nitrogens with one attached hydrogen (secondary N) is 1. The zero-order valence-electron chi connectivity index (χ0n) is 21.7. The Balaban J connectivity index is 1.29. The van der Waals surface area contributed by atoms with Gasteiger partial charge < -0.3 is 18.5 Å². The fourth-order valence-corrected chi connectivity index (χ4v) is 7.10. The maximum Gasteiger partial charge on any atom is 0.404 e. The molecule has 1 saturated carbocycles. The molecule has 0 amide bonds. The van der Waals surface area contributed by atoms with Gasteiger partial charge in [0.05, 0.1) is 11.0 Å². The molecule has 7 nitrogen and oxygen atoms in total. The molecule has 2 aromatic carbocycles. The van der Waals surface area contributed by atoms with Gasteiger partial charge in [0.2, 0.25) is 0 Å². The SMILES string of the molecule is COP(=O)(NCC(CCN1CC[C@H](n2c(C)nc3ccccc32)C[C@@H]2CCC21)c1ccccc1)OC. The predicted octanol–water partition coefficient (Wildman–Crippen LogP) is 5.92. The van der Waals surface area contributed by atoms with Crippen LogP contribution in [0.5, 0.6) is 0 Å². The molecule has 36 heavy (non-hydrogen) atoms. The number of likely N-dealkylation sites (tertiary alicyclic amines) is 1. The first-order valence-corrected chi connectivity index (χ1v) is 14.7. The molecule has 194 valence electrons. The van der Waals surface area contributed by atoms with Gasteiger partial charge in [-0.05, 0) is 75.1 Å². The lowest BCUT2D eigenvalue weighted by molar-refractivity contribution is 0.0700. The molecule has 0 bridgehead atoms. The third kappa shape index (κ3) is 5.32. The Labute approximate surface area is 214 Å². The smallest absolute Gasteiger partial charge is 0.325 e. The Bertz CT molecular complexity index is 1190. The summed E-state index contributed by atoms with van der Waals surface area (Å²) in [6.45, 7) is 4.83. The molecule has 1 saturated heterocycles. The van der Waals surface area contributed by atoms with E-state index in [9.17, 15) is 4.57 Å². The van der Waals surface area contributed by atoms with Gasteiger partial charge in [0.25, 0.3) is 0 Å². The Morgan fingerprint density at radius 2 is 1.81 bits per heavy atom. The number of aryl methyl sites for hydroxylation is 1. The van der Waals surface area contributed by atoms with Gasteiger partial charge in [-0.2, -0.15) is 0 Å². The number of fused-ring (bicyclic) bond motifs is 2. The van der Waals surface area contributed by atoms with Crippen molar-refractivity contribution in [3.8, 4) is 0 Å². The summed E-state index contributed by atoms with van der Waals surface area (Å²) >= 11 is 0. The Hall–Kier alpha value is -2.02. The number of nitrogens with zero attached hydrogens (tertiary/aromatic N) is 3. The molecular weight excluding hydrogens is 471 g/mol. The summed E-state index contributed by atoms with van der Waals surface area (Å²) in [5.41, 5.74) is 3.62. The van der Waals surface area contributed by atoms with E-state index in [1.54, 1.807) is 0 Å². The van der Waals surface area contributed by atoms with Crippen molar-refractivity contribution in [2.24, 2.45) is 5.92 Å². The second kappa shape index (κ2) is 11.2. The molecular formula is C28H39N4O3P. The van der Waals surface area contributed by atoms with Crippen LogP contribution in [0.2, 0.25) is 0 Å². The van der Waals surface area contributed by atoms with Gasteiger partial charge in [-0.15, -0.1) is 0 Å². The first-order valence-electron chi connectivity index (χ1n) is 13.2. The van der Waals surface area contributed by atoms with Crippen LogP contribution < -0.4 is 5.09 Å². The quantitative estimate of drug-likeness (QED) is 0.341. The minimum Gasteiger partial charge on any atom is -0.325 e. The molecule has 2 fully saturated rings. The monoisotopic (exact) mass is 510 g/mol. The largest absolute Gasteiger partial charge is 0.404 e. The van der Waals surface area contributed by atoms with Crippen LogP contribution in [0, 0.1) is 12.8 Å². The predicted molar refractivity (Wildman–Crippen MR) is 144 cm³/mol. The molecule has 8 heteroatoms. The normalized spacial score (nSPS) is 23.7. The number of imidazole rings is 1. The van der Waals surface area contributed by atoms with Gasteiger partial charge in [0.15, 0.2) is 0 Å².